The molecule has 0 radical (unpaired) electrons. The SMILES string of the molecule is CN(C(=N)N)c1ccc(Cl)c2ccccc12. The van der Waals surface area contributed by atoms with E-state index in [0.717, 1.165) is 16.5 Å². The van der Waals surface area contributed by atoms with Crippen LogP contribution in [0.2, 0.25) is 5.02 Å². The summed E-state index contributed by atoms with van der Waals surface area (Å²) in [5.41, 5.74) is 6.36. The van der Waals surface area contributed by atoms with E-state index >= 15 is 0 Å². The second kappa shape index (κ2) is 4.02. The quantitative estimate of drug-likeness (QED) is 0.588. The van der Waals surface area contributed by atoms with Gasteiger partial charge in [0.25, 0.3) is 0 Å². The molecule has 0 saturated heterocycles. The van der Waals surface area contributed by atoms with Crippen LogP contribution in [0.3, 0.4) is 0 Å². The van der Waals surface area contributed by atoms with Crippen LogP contribution in [0.15, 0.2) is 36.4 Å². The maximum atomic E-state index is 7.44. The van der Waals surface area contributed by atoms with Gasteiger partial charge in [0.1, 0.15) is 0 Å². The minimum absolute atomic E-state index is 0.00692. The van der Waals surface area contributed by atoms with Crippen molar-refractivity contribution in [3.63, 3.8) is 0 Å². The lowest BCUT2D eigenvalue weighted by Gasteiger charge is -2.19. The third kappa shape index (κ3) is 1.70. The van der Waals surface area contributed by atoms with Crippen molar-refractivity contribution in [2.75, 3.05) is 11.9 Å². The van der Waals surface area contributed by atoms with Gasteiger partial charge in [0.2, 0.25) is 0 Å². The van der Waals surface area contributed by atoms with Crippen LogP contribution in [0, 0.1) is 5.41 Å². The second-order valence-corrected chi connectivity index (χ2v) is 3.96. The van der Waals surface area contributed by atoms with Crippen molar-refractivity contribution in [3.8, 4) is 0 Å². The van der Waals surface area contributed by atoms with E-state index in [9.17, 15) is 0 Å². The van der Waals surface area contributed by atoms with E-state index in [4.69, 9.17) is 22.7 Å². The van der Waals surface area contributed by atoms with Crippen LogP contribution in [0.25, 0.3) is 10.8 Å². The van der Waals surface area contributed by atoms with Crippen molar-refractivity contribution < 1.29 is 0 Å². The molecule has 0 amide bonds. The summed E-state index contributed by atoms with van der Waals surface area (Å²) in [7, 11) is 1.76. The molecule has 82 valence electrons. The number of guanidine groups is 1. The van der Waals surface area contributed by atoms with Crippen LogP contribution in [-0.2, 0) is 0 Å². The minimum atomic E-state index is 0.00692. The highest BCUT2D eigenvalue weighted by atomic mass is 35.5. The molecule has 0 spiro atoms. The van der Waals surface area contributed by atoms with Gasteiger partial charge >= 0.3 is 0 Å². The van der Waals surface area contributed by atoms with Gasteiger partial charge < -0.3 is 10.6 Å². The third-order valence-electron chi connectivity index (χ3n) is 2.57. The van der Waals surface area contributed by atoms with Crippen LogP contribution >= 0.6 is 11.6 Å². The van der Waals surface area contributed by atoms with E-state index in [1.54, 1.807) is 11.9 Å². The molecule has 0 aliphatic heterocycles. The Kier molecular flexibility index (Phi) is 2.71. The molecule has 0 aromatic heterocycles. The topological polar surface area (TPSA) is 53.1 Å². The summed E-state index contributed by atoms with van der Waals surface area (Å²) in [5, 5.41) is 10.1. The number of benzene rings is 2. The summed E-state index contributed by atoms with van der Waals surface area (Å²) in [5.74, 6) is 0.00692. The van der Waals surface area contributed by atoms with Gasteiger partial charge in [0, 0.05) is 22.8 Å². The molecular weight excluding hydrogens is 222 g/mol. The maximum absolute atomic E-state index is 7.44. The monoisotopic (exact) mass is 233 g/mol. The van der Waals surface area contributed by atoms with Crippen LogP contribution in [0.4, 0.5) is 5.69 Å². The normalized spacial score (nSPS) is 10.4. The molecular formula is C12H12ClN3. The number of hydrogen-bond donors (Lipinski definition) is 2. The smallest absolute Gasteiger partial charge is 0.192 e. The zero-order valence-electron chi connectivity index (χ0n) is 8.87. The van der Waals surface area contributed by atoms with E-state index in [-0.39, 0.29) is 5.96 Å². The Hall–Kier alpha value is -1.74. The van der Waals surface area contributed by atoms with Gasteiger partial charge in [-0.1, -0.05) is 35.9 Å². The third-order valence-corrected chi connectivity index (χ3v) is 2.90. The Morgan fingerprint density at radius 1 is 1.19 bits per heavy atom. The fourth-order valence-electron chi connectivity index (χ4n) is 1.67. The molecule has 0 aliphatic rings. The van der Waals surface area contributed by atoms with Gasteiger partial charge in [-0.15, -0.1) is 0 Å². The number of fused-ring (bicyclic) bond motifs is 1. The lowest BCUT2D eigenvalue weighted by molar-refractivity contribution is 1.21. The van der Waals surface area contributed by atoms with Crippen molar-refractivity contribution in [3.05, 3.63) is 41.4 Å². The van der Waals surface area contributed by atoms with Gasteiger partial charge in [-0.3, -0.25) is 5.41 Å². The minimum Gasteiger partial charge on any atom is -0.370 e. The first kappa shape index (κ1) is 10.8. The van der Waals surface area contributed by atoms with Gasteiger partial charge in [0.15, 0.2) is 5.96 Å². The number of nitrogens with one attached hydrogen (secondary N) is 1. The zero-order valence-corrected chi connectivity index (χ0v) is 9.62. The Balaban J connectivity index is 2.72. The summed E-state index contributed by atoms with van der Waals surface area (Å²) in [6.45, 7) is 0. The van der Waals surface area contributed by atoms with Crippen molar-refractivity contribution >= 4 is 34.0 Å². The molecule has 2 rings (SSSR count). The number of hydrogen-bond acceptors (Lipinski definition) is 1. The summed E-state index contributed by atoms with van der Waals surface area (Å²) in [4.78, 5) is 1.62. The highest BCUT2D eigenvalue weighted by molar-refractivity contribution is 6.36. The van der Waals surface area contributed by atoms with Gasteiger partial charge in [0.05, 0.1) is 5.69 Å². The van der Waals surface area contributed by atoms with Gasteiger partial charge in [-0.25, -0.2) is 0 Å². The van der Waals surface area contributed by atoms with Crippen molar-refractivity contribution in [1.82, 2.24) is 0 Å². The fraction of sp³-hybridized carbons (Fsp3) is 0.0833. The molecule has 4 heteroatoms. The van der Waals surface area contributed by atoms with Crippen LogP contribution in [0.5, 0.6) is 0 Å². The molecule has 16 heavy (non-hydrogen) atoms. The zero-order chi connectivity index (χ0) is 11.7. The molecule has 0 unspecified atom stereocenters. The Labute approximate surface area is 98.9 Å². The molecule has 3 nitrogen and oxygen atoms in total. The highest BCUT2D eigenvalue weighted by Gasteiger charge is 2.09. The van der Waals surface area contributed by atoms with E-state index in [1.165, 1.54) is 0 Å². The molecule has 0 bridgehead atoms. The van der Waals surface area contributed by atoms with E-state index < -0.39 is 0 Å². The molecule has 3 N–H and O–H groups in total. The summed E-state index contributed by atoms with van der Waals surface area (Å²) in [6.07, 6.45) is 0. The number of anilines is 1. The predicted octanol–water partition coefficient (Wildman–Crippen LogP) is 2.82. The van der Waals surface area contributed by atoms with Crippen molar-refractivity contribution in [2.24, 2.45) is 5.73 Å². The Morgan fingerprint density at radius 3 is 2.44 bits per heavy atom. The molecule has 0 aliphatic carbocycles. The summed E-state index contributed by atoms with van der Waals surface area (Å²) in [6, 6.07) is 11.5. The first-order chi connectivity index (χ1) is 7.61. The van der Waals surface area contributed by atoms with E-state index in [2.05, 4.69) is 0 Å². The van der Waals surface area contributed by atoms with Crippen LogP contribution < -0.4 is 10.6 Å². The largest absolute Gasteiger partial charge is 0.370 e. The molecule has 0 atom stereocenters. The Bertz CT molecular complexity index is 551. The first-order valence-corrected chi connectivity index (χ1v) is 5.24. The predicted molar refractivity (Wildman–Crippen MR) is 69.3 cm³/mol. The van der Waals surface area contributed by atoms with Gasteiger partial charge in [-0.2, -0.15) is 0 Å². The first-order valence-electron chi connectivity index (χ1n) is 4.86. The fourth-order valence-corrected chi connectivity index (χ4v) is 1.90. The number of nitrogens with two attached hydrogens (primary N) is 1. The van der Waals surface area contributed by atoms with Crippen LogP contribution in [0.1, 0.15) is 0 Å². The number of nitrogens with zero attached hydrogens (tertiary/aromatic N) is 1. The molecule has 0 heterocycles. The standard InChI is InChI=1S/C12H12ClN3/c1-16(12(14)15)11-7-6-10(13)8-4-2-3-5-9(8)11/h2-7H,1H3,(H3,14,15). The second-order valence-electron chi connectivity index (χ2n) is 3.56. The van der Waals surface area contributed by atoms with E-state index in [1.807, 2.05) is 36.4 Å². The molecule has 2 aromatic rings. The maximum Gasteiger partial charge on any atom is 0.192 e. The summed E-state index contributed by atoms with van der Waals surface area (Å²) < 4.78 is 0. The van der Waals surface area contributed by atoms with Crippen molar-refractivity contribution in [2.45, 2.75) is 0 Å². The molecule has 0 saturated carbocycles. The van der Waals surface area contributed by atoms with Gasteiger partial charge in [-0.05, 0) is 12.1 Å². The Morgan fingerprint density at radius 2 is 1.81 bits per heavy atom. The average Bonchev–Trinajstić information content (AvgIpc) is 2.29. The molecule has 2 aromatic carbocycles. The average molecular weight is 234 g/mol. The number of rotatable bonds is 1. The van der Waals surface area contributed by atoms with E-state index in [0.29, 0.717) is 5.02 Å². The summed E-state index contributed by atoms with van der Waals surface area (Å²) >= 11 is 6.11. The van der Waals surface area contributed by atoms with Crippen molar-refractivity contribution in [1.29, 1.82) is 5.41 Å². The number of halogens is 1. The molecule has 0 fully saturated rings. The highest BCUT2D eigenvalue weighted by Crippen LogP contribution is 2.31. The van der Waals surface area contributed by atoms with Crippen LogP contribution in [-0.4, -0.2) is 13.0 Å². The lowest BCUT2D eigenvalue weighted by atomic mass is 10.1. The lowest BCUT2D eigenvalue weighted by Crippen LogP contribution is -2.32.